The maximum absolute atomic E-state index is 13.2. The Bertz CT molecular complexity index is 809. The third-order valence-electron chi connectivity index (χ3n) is 5.55. The molecule has 0 bridgehead atoms. The lowest BCUT2D eigenvalue weighted by Crippen LogP contribution is -2.41. The van der Waals surface area contributed by atoms with E-state index in [1.807, 2.05) is 48.5 Å². The standard InChI is InChI=1S/C22H24N2O3/c1-16-12-23(13-17-8-4-2-5-9-17)14-19(16)21(25)24-20(15-27-22(24)26)18-10-6-3-7-11-18/h2-11,16,19-20H,12-15H2,1H3/t16-,19-,20?/m1/s1. The van der Waals surface area contributed by atoms with Gasteiger partial charge in [-0.15, -0.1) is 0 Å². The van der Waals surface area contributed by atoms with Crippen LogP contribution in [0.1, 0.15) is 24.1 Å². The van der Waals surface area contributed by atoms with Crippen LogP contribution in [0.25, 0.3) is 0 Å². The highest BCUT2D eigenvalue weighted by atomic mass is 16.6. The van der Waals surface area contributed by atoms with Crippen LogP contribution in [0, 0.1) is 11.8 Å². The van der Waals surface area contributed by atoms with Gasteiger partial charge in [-0.25, -0.2) is 9.69 Å². The summed E-state index contributed by atoms with van der Waals surface area (Å²) in [5, 5.41) is 0. The number of ether oxygens (including phenoxy) is 1. The number of imide groups is 1. The van der Waals surface area contributed by atoms with Gasteiger partial charge in [0, 0.05) is 19.6 Å². The highest BCUT2D eigenvalue weighted by Gasteiger charge is 2.45. The van der Waals surface area contributed by atoms with Crippen molar-refractivity contribution in [1.82, 2.24) is 9.80 Å². The summed E-state index contributed by atoms with van der Waals surface area (Å²) in [5.74, 6) is -0.106. The fraction of sp³-hybridized carbons (Fsp3) is 0.364. The smallest absolute Gasteiger partial charge is 0.417 e. The summed E-state index contributed by atoms with van der Waals surface area (Å²) in [7, 11) is 0. The Labute approximate surface area is 159 Å². The molecule has 2 amide bonds. The fourth-order valence-electron chi connectivity index (χ4n) is 4.12. The van der Waals surface area contributed by atoms with Gasteiger partial charge in [0.25, 0.3) is 0 Å². The zero-order valence-electron chi connectivity index (χ0n) is 15.5. The van der Waals surface area contributed by atoms with Gasteiger partial charge in [-0.3, -0.25) is 9.69 Å². The van der Waals surface area contributed by atoms with Crippen LogP contribution >= 0.6 is 0 Å². The van der Waals surface area contributed by atoms with Crippen LogP contribution in [0.3, 0.4) is 0 Å². The molecule has 2 saturated heterocycles. The Kier molecular flexibility index (Phi) is 4.94. The second-order valence-corrected chi connectivity index (χ2v) is 7.48. The van der Waals surface area contributed by atoms with Gasteiger partial charge in [0.05, 0.1) is 5.92 Å². The van der Waals surface area contributed by atoms with Crippen molar-refractivity contribution in [3.63, 3.8) is 0 Å². The number of cyclic esters (lactones) is 1. The molecular formula is C22H24N2O3. The first-order valence-electron chi connectivity index (χ1n) is 9.44. The third kappa shape index (κ3) is 3.60. The monoisotopic (exact) mass is 364 g/mol. The topological polar surface area (TPSA) is 49.9 Å². The number of nitrogens with zero attached hydrogens (tertiary/aromatic N) is 2. The van der Waals surface area contributed by atoms with Crippen molar-refractivity contribution in [2.45, 2.75) is 19.5 Å². The number of carbonyl (C=O) groups is 2. The largest absolute Gasteiger partial charge is 0.446 e. The van der Waals surface area contributed by atoms with Crippen molar-refractivity contribution in [2.75, 3.05) is 19.7 Å². The molecule has 2 fully saturated rings. The highest BCUT2D eigenvalue weighted by Crippen LogP contribution is 2.33. The maximum atomic E-state index is 13.2. The number of carbonyl (C=O) groups excluding carboxylic acids is 2. The first-order chi connectivity index (χ1) is 13.1. The van der Waals surface area contributed by atoms with E-state index in [0.29, 0.717) is 6.54 Å². The number of benzene rings is 2. The van der Waals surface area contributed by atoms with E-state index in [9.17, 15) is 9.59 Å². The molecule has 2 aliphatic heterocycles. The van der Waals surface area contributed by atoms with E-state index in [1.165, 1.54) is 10.5 Å². The van der Waals surface area contributed by atoms with Crippen molar-refractivity contribution in [1.29, 1.82) is 0 Å². The van der Waals surface area contributed by atoms with Gasteiger partial charge < -0.3 is 4.74 Å². The molecule has 4 rings (SSSR count). The molecule has 0 radical (unpaired) electrons. The molecule has 0 spiro atoms. The van der Waals surface area contributed by atoms with Gasteiger partial charge in [0.1, 0.15) is 12.6 Å². The summed E-state index contributed by atoms with van der Waals surface area (Å²) >= 11 is 0. The summed E-state index contributed by atoms with van der Waals surface area (Å²) in [5.41, 5.74) is 2.17. The molecule has 0 saturated carbocycles. The Balaban J connectivity index is 1.49. The first kappa shape index (κ1) is 17.7. The van der Waals surface area contributed by atoms with Crippen molar-refractivity contribution < 1.29 is 14.3 Å². The summed E-state index contributed by atoms with van der Waals surface area (Å²) in [4.78, 5) is 29.2. The third-order valence-corrected chi connectivity index (χ3v) is 5.55. The van der Waals surface area contributed by atoms with Gasteiger partial charge in [-0.1, -0.05) is 67.6 Å². The average molecular weight is 364 g/mol. The molecule has 2 aliphatic rings. The molecule has 3 atom stereocenters. The molecule has 0 aliphatic carbocycles. The van der Waals surface area contributed by atoms with Crippen LogP contribution < -0.4 is 0 Å². The quantitative estimate of drug-likeness (QED) is 0.833. The van der Waals surface area contributed by atoms with Gasteiger partial charge in [0.15, 0.2) is 0 Å². The second kappa shape index (κ2) is 7.53. The lowest BCUT2D eigenvalue weighted by molar-refractivity contribution is -0.134. The van der Waals surface area contributed by atoms with E-state index in [1.54, 1.807) is 0 Å². The summed E-state index contributed by atoms with van der Waals surface area (Å²) in [6, 6.07) is 19.6. The highest BCUT2D eigenvalue weighted by molar-refractivity contribution is 5.95. The normalized spacial score (nSPS) is 25.6. The number of rotatable bonds is 4. The Morgan fingerprint density at radius 2 is 1.70 bits per heavy atom. The van der Waals surface area contributed by atoms with E-state index in [-0.39, 0.29) is 30.4 Å². The molecule has 5 nitrogen and oxygen atoms in total. The minimum absolute atomic E-state index is 0.116. The maximum Gasteiger partial charge on any atom is 0.417 e. The Hall–Kier alpha value is -2.66. The fourth-order valence-corrected chi connectivity index (χ4v) is 4.12. The van der Waals surface area contributed by atoms with Crippen molar-refractivity contribution in [3.05, 3.63) is 71.8 Å². The minimum Gasteiger partial charge on any atom is -0.446 e. The minimum atomic E-state index is -0.525. The Morgan fingerprint density at radius 1 is 1.04 bits per heavy atom. The second-order valence-electron chi connectivity index (χ2n) is 7.48. The van der Waals surface area contributed by atoms with Crippen molar-refractivity contribution in [2.24, 2.45) is 11.8 Å². The van der Waals surface area contributed by atoms with Gasteiger partial charge in [0.2, 0.25) is 5.91 Å². The van der Waals surface area contributed by atoms with E-state index < -0.39 is 6.09 Å². The van der Waals surface area contributed by atoms with Gasteiger partial charge in [-0.2, -0.15) is 0 Å². The molecule has 2 aromatic rings. The van der Waals surface area contributed by atoms with Crippen LogP contribution in [0.2, 0.25) is 0 Å². The number of amides is 2. The van der Waals surface area contributed by atoms with Gasteiger partial charge in [-0.05, 0) is 17.0 Å². The zero-order valence-corrected chi connectivity index (χ0v) is 15.5. The molecule has 2 aromatic carbocycles. The summed E-state index contributed by atoms with van der Waals surface area (Å²) in [6.45, 7) is 4.65. The van der Waals surface area contributed by atoms with Crippen LogP contribution in [0.5, 0.6) is 0 Å². The van der Waals surface area contributed by atoms with Crippen molar-refractivity contribution >= 4 is 12.0 Å². The first-order valence-corrected chi connectivity index (χ1v) is 9.44. The van der Waals surface area contributed by atoms with E-state index in [0.717, 1.165) is 18.7 Å². The molecule has 0 aromatic heterocycles. The van der Waals surface area contributed by atoms with Crippen LogP contribution in [-0.2, 0) is 16.1 Å². The summed E-state index contributed by atoms with van der Waals surface area (Å²) in [6.07, 6.45) is -0.525. The number of hydrogen-bond donors (Lipinski definition) is 0. The molecule has 5 heteroatoms. The average Bonchev–Trinajstić information content (AvgIpc) is 3.25. The van der Waals surface area contributed by atoms with E-state index >= 15 is 0 Å². The number of likely N-dealkylation sites (tertiary alicyclic amines) is 1. The number of hydrogen-bond acceptors (Lipinski definition) is 4. The zero-order chi connectivity index (χ0) is 18.8. The molecule has 1 unspecified atom stereocenters. The molecular weight excluding hydrogens is 340 g/mol. The van der Waals surface area contributed by atoms with Crippen molar-refractivity contribution in [3.8, 4) is 0 Å². The lowest BCUT2D eigenvalue weighted by Gasteiger charge is -2.24. The SMILES string of the molecule is C[C@@H]1CN(Cc2ccccc2)C[C@H]1C(=O)N1C(=O)OCC1c1ccccc1. The Morgan fingerprint density at radius 3 is 2.41 bits per heavy atom. The van der Waals surface area contributed by atoms with E-state index in [4.69, 9.17) is 4.74 Å². The molecule has 140 valence electrons. The predicted octanol–water partition coefficient (Wildman–Crippen LogP) is 3.47. The predicted molar refractivity (Wildman–Crippen MR) is 102 cm³/mol. The summed E-state index contributed by atoms with van der Waals surface area (Å²) < 4.78 is 5.22. The molecule has 2 heterocycles. The van der Waals surface area contributed by atoms with E-state index in [2.05, 4.69) is 24.0 Å². The molecule has 0 N–H and O–H groups in total. The van der Waals surface area contributed by atoms with Gasteiger partial charge >= 0.3 is 6.09 Å². The lowest BCUT2D eigenvalue weighted by atomic mass is 9.95. The molecule has 27 heavy (non-hydrogen) atoms. The van der Waals surface area contributed by atoms with Crippen LogP contribution in [-0.4, -0.2) is 41.5 Å². The van der Waals surface area contributed by atoms with Crippen LogP contribution in [0.4, 0.5) is 4.79 Å². The van der Waals surface area contributed by atoms with Crippen LogP contribution in [0.15, 0.2) is 60.7 Å².